The maximum absolute atomic E-state index is 12.8. The number of carbonyl (C=O) groups excluding carboxylic acids is 1. The second-order valence-electron chi connectivity index (χ2n) is 7.74. The fraction of sp³-hybridized carbons (Fsp3) is 0.148. The predicted molar refractivity (Wildman–Crippen MR) is 142 cm³/mol. The van der Waals surface area contributed by atoms with Crippen LogP contribution in [-0.2, 0) is 11.4 Å². The molecular weight excluding hydrogens is 500 g/mol. The van der Waals surface area contributed by atoms with Gasteiger partial charge in [0.15, 0.2) is 16.7 Å². The van der Waals surface area contributed by atoms with E-state index in [-0.39, 0.29) is 11.5 Å². The number of likely N-dealkylation sites (N-methyl/N-ethyl adjacent to an activating group) is 1. The molecule has 0 aromatic heterocycles. The van der Waals surface area contributed by atoms with Crippen molar-refractivity contribution in [3.8, 4) is 11.5 Å². The molecule has 0 saturated carbocycles. The number of hydrogen-bond acceptors (Lipinski definition) is 6. The van der Waals surface area contributed by atoms with Gasteiger partial charge < -0.3 is 14.6 Å². The van der Waals surface area contributed by atoms with Crippen LogP contribution in [0, 0.1) is 0 Å². The highest BCUT2D eigenvalue weighted by atomic mass is 35.5. The molecule has 0 radical (unpaired) electrons. The normalized spacial score (nSPS) is 15.5. The van der Waals surface area contributed by atoms with E-state index >= 15 is 0 Å². The zero-order chi connectivity index (χ0) is 25.7. The van der Waals surface area contributed by atoms with Crippen molar-refractivity contribution < 1.29 is 24.2 Å². The fourth-order valence-electron chi connectivity index (χ4n) is 3.39. The smallest absolute Gasteiger partial charge is 0.335 e. The van der Waals surface area contributed by atoms with Crippen LogP contribution in [0.1, 0.15) is 28.4 Å². The van der Waals surface area contributed by atoms with Crippen molar-refractivity contribution in [1.82, 2.24) is 4.90 Å². The summed E-state index contributed by atoms with van der Waals surface area (Å²) in [5.74, 6) is -0.111. The molecule has 0 spiro atoms. The molecule has 7 nitrogen and oxygen atoms in total. The van der Waals surface area contributed by atoms with Gasteiger partial charge in [-0.25, -0.2) is 9.79 Å². The highest BCUT2D eigenvalue weighted by Gasteiger charge is 2.30. The Bertz CT molecular complexity index is 1370. The second kappa shape index (κ2) is 11.3. The summed E-state index contributed by atoms with van der Waals surface area (Å²) in [5, 5.41) is 10.3. The highest BCUT2D eigenvalue weighted by molar-refractivity contribution is 8.18. The van der Waals surface area contributed by atoms with Gasteiger partial charge in [-0.1, -0.05) is 41.9 Å². The SMILES string of the molecule is CCOc1cc(C=C2SC(=Nc3cccc(C(=O)O)c3)N(C)C2=O)ccc1OCc1ccccc1Cl. The topological polar surface area (TPSA) is 88.4 Å². The third-order valence-electron chi connectivity index (χ3n) is 5.23. The second-order valence-corrected chi connectivity index (χ2v) is 9.16. The Morgan fingerprint density at radius 1 is 1.08 bits per heavy atom. The molecular formula is C27H23ClN2O5S. The molecule has 0 bridgehead atoms. The van der Waals surface area contributed by atoms with E-state index in [4.69, 9.17) is 21.1 Å². The number of carbonyl (C=O) groups is 2. The van der Waals surface area contributed by atoms with Crippen LogP contribution in [0.3, 0.4) is 0 Å². The predicted octanol–water partition coefficient (Wildman–Crippen LogP) is 6.25. The minimum absolute atomic E-state index is 0.130. The number of aromatic carboxylic acids is 1. The lowest BCUT2D eigenvalue weighted by Gasteiger charge is -2.13. The molecule has 1 fully saturated rings. The average Bonchev–Trinajstić information content (AvgIpc) is 3.12. The fourth-order valence-corrected chi connectivity index (χ4v) is 4.57. The summed E-state index contributed by atoms with van der Waals surface area (Å²) in [4.78, 5) is 30.5. The Balaban J connectivity index is 1.55. The van der Waals surface area contributed by atoms with Crippen molar-refractivity contribution in [2.45, 2.75) is 13.5 Å². The van der Waals surface area contributed by atoms with Crippen molar-refractivity contribution >= 4 is 52.2 Å². The number of carboxylic acids is 1. The standard InChI is InChI=1S/C27H23ClN2O5S/c1-3-34-23-13-17(11-12-22(23)35-16-19-7-4-5-10-21(19)28)14-24-25(31)30(2)27(36-24)29-20-9-6-8-18(15-20)26(32)33/h4-15H,3,16H2,1-2H3,(H,32,33). The summed E-state index contributed by atoms with van der Waals surface area (Å²) < 4.78 is 11.7. The molecule has 1 saturated heterocycles. The molecule has 184 valence electrons. The van der Waals surface area contributed by atoms with Crippen LogP contribution in [0.5, 0.6) is 11.5 Å². The molecule has 3 aromatic rings. The number of amides is 1. The summed E-state index contributed by atoms with van der Waals surface area (Å²) >= 11 is 7.45. The molecule has 0 unspecified atom stereocenters. The third kappa shape index (κ3) is 5.90. The Morgan fingerprint density at radius 2 is 1.89 bits per heavy atom. The molecule has 1 aliphatic rings. The van der Waals surface area contributed by atoms with E-state index in [0.717, 1.165) is 11.1 Å². The Labute approximate surface area is 218 Å². The Morgan fingerprint density at radius 3 is 2.64 bits per heavy atom. The first kappa shape index (κ1) is 25.3. The number of hydrogen-bond donors (Lipinski definition) is 1. The van der Waals surface area contributed by atoms with Gasteiger partial charge in [0.1, 0.15) is 6.61 Å². The summed E-state index contributed by atoms with van der Waals surface area (Å²) in [6.07, 6.45) is 1.76. The van der Waals surface area contributed by atoms with E-state index in [9.17, 15) is 14.7 Å². The van der Waals surface area contributed by atoms with E-state index in [1.807, 2.05) is 43.3 Å². The molecule has 1 N–H and O–H groups in total. The molecule has 1 heterocycles. The van der Waals surface area contributed by atoms with Crippen LogP contribution in [0.15, 0.2) is 76.6 Å². The molecule has 3 aromatic carbocycles. The number of thioether (sulfide) groups is 1. The zero-order valence-corrected chi connectivity index (χ0v) is 21.2. The lowest BCUT2D eigenvalue weighted by molar-refractivity contribution is -0.121. The molecule has 4 rings (SSSR count). The van der Waals surface area contributed by atoms with Crippen LogP contribution in [-0.4, -0.2) is 40.7 Å². The van der Waals surface area contributed by atoms with Gasteiger partial charge in [-0.05, 0) is 66.7 Å². The lowest BCUT2D eigenvalue weighted by atomic mass is 10.1. The number of benzene rings is 3. The van der Waals surface area contributed by atoms with Gasteiger partial charge in [0.2, 0.25) is 0 Å². The molecule has 0 atom stereocenters. The number of ether oxygens (including phenoxy) is 2. The van der Waals surface area contributed by atoms with E-state index < -0.39 is 5.97 Å². The average molecular weight is 523 g/mol. The summed E-state index contributed by atoms with van der Waals surface area (Å²) in [6, 6.07) is 19.2. The van der Waals surface area contributed by atoms with E-state index in [1.165, 1.54) is 28.8 Å². The van der Waals surface area contributed by atoms with Gasteiger partial charge in [0.25, 0.3) is 5.91 Å². The van der Waals surface area contributed by atoms with Gasteiger partial charge in [0.05, 0.1) is 22.8 Å². The molecule has 9 heteroatoms. The number of halogens is 1. The first-order chi connectivity index (χ1) is 17.4. The largest absolute Gasteiger partial charge is 0.490 e. The lowest BCUT2D eigenvalue weighted by Crippen LogP contribution is -2.23. The molecule has 1 amide bonds. The summed E-state index contributed by atoms with van der Waals surface area (Å²) in [7, 11) is 1.63. The van der Waals surface area contributed by atoms with E-state index in [1.54, 1.807) is 31.3 Å². The first-order valence-electron chi connectivity index (χ1n) is 11.1. The maximum Gasteiger partial charge on any atom is 0.335 e. The van der Waals surface area contributed by atoms with Crippen LogP contribution >= 0.6 is 23.4 Å². The van der Waals surface area contributed by atoms with E-state index in [0.29, 0.717) is 45.5 Å². The van der Waals surface area contributed by atoms with Gasteiger partial charge in [0, 0.05) is 17.6 Å². The quantitative estimate of drug-likeness (QED) is 0.352. The van der Waals surface area contributed by atoms with Gasteiger partial charge in [-0.15, -0.1) is 0 Å². The van der Waals surface area contributed by atoms with Crippen molar-refractivity contribution in [2.75, 3.05) is 13.7 Å². The summed E-state index contributed by atoms with van der Waals surface area (Å²) in [5.41, 5.74) is 2.22. The zero-order valence-electron chi connectivity index (χ0n) is 19.6. The van der Waals surface area contributed by atoms with Crippen molar-refractivity contribution in [2.24, 2.45) is 4.99 Å². The maximum atomic E-state index is 12.8. The van der Waals surface area contributed by atoms with Gasteiger partial charge in [-0.2, -0.15) is 0 Å². The number of nitrogens with zero attached hydrogens (tertiary/aromatic N) is 2. The van der Waals surface area contributed by atoms with Crippen LogP contribution in [0.25, 0.3) is 6.08 Å². The van der Waals surface area contributed by atoms with E-state index in [2.05, 4.69) is 4.99 Å². The Kier molecular flexibility index (Phi) is 7.97. The van der Waals surface area contributed by atoms with Crippen LogP contribution in [0.4, 0.5) is 5.69 Å². The molecule has 1 aliphatic heterocycles. The van der Waals surface area contributed by atoms with Crippen LogP contribution < -0.4 is 9.47 Å². The third-order valence-corrected chi connectivity index (χ3v) is 6.66. The van der Waals surface area contributed by atoms with Crippen LogP contribution in [0.2, 0.25) is 5.02 Å². The highest BCUT2D eigenvalue weighted by Crippen LogP contribution is 2.35. The number of rotatable bonds is 8. The minimum atomic E-state index is -1.04. The monoisotopic (exact) mass is 522 g/mol. The van der Waals surface area contributed by atoms with Crippen molar-refractivity contribution in [1.29, 1.82) is 0 Å². The van der Waals surface area contributed by atoms with Gasteiger partial charge in [-0.3, -0.25) is 9.69 Å². The number of carboxylic acid groups (broad SMARTS) is 1. The number of amidine groups is 1. The minimum Gasteiger partial charge on any atom is -0.490 e. The Hall–Kier alpha value is -3.75. The van der Waals surface area contributed by atoms with Gasteiger partial charge >= 0.3 is 5.97 Å². The summed E-state index contributed by atoms with van der Waals surface area (Å²) in [6.45, 7) is 2.63. The van der Waals surface area contributed by atoms with Crippen molar-refractivity contribution in [3.05, 3.63) is 93.3 Å². The number of aliphatic imine (C=N–C) groups is 1. The first-order valence-corrected chi connectivity index (χ1v) is 12.3. The molecule has 0 aliphatic carbocycles. The molecule has 36 heavy (non-hydrogen) atoms. The van der Waals surface area contributed by atoms with Crippen molar-refractivity contribution in [3.63, 3.8) is 0 Å².